The Bertz CT molecular complexity index is 632. The van der Waals surface area contributed by atoms with E-state index in [1.54, 1.807) is 18.4 Å². The maximum Gasteiger partial charge on any atom is 0.242 e. The first-order valence-corrected chi connectivity index (χ1v) is 7.69. The van der Waals surface area contributed by atoms with Gasteiger partial charge in [-0.05, 0) is 29.8 Å². The van der Waals surface area contributed by atoms with Crippen molar-refractivity contribution in [3.63, 3.8) is 0 Å². The van der Waals surface area contributed by atoms with Crippen LogP contribution in [0.5, 0.6) is 0 Å². The highest BCUT2D eigenvalue weighted by Crippen LogP contribution is 2.14. The molecular formula is C14H18N2O3S. The second kappa shape index (κ2) is 6.21. The van der Waals surface area contributed by atoms with Gasteiger partial charge in [-0.2, -0.15) is 0 Å². The van der Waals surface area contributed by atoms with Crippen LogP contribution in [-0.4, -0.2) is 26.8 Å². The largest absolute Gasteiger partial charge is 0.468 e. The molecule has 0 amide bonds. The molecule has 1 N–H and O–H groups in total. The van der Waals surface area contributed by atoms with Crippen LogP contribution < -0.4 is 5.32 Å². The minimum Gasteiger partial charge on any atom is -0.468 e. The van der Waals surface area contributed by atoms with Crippen molar-refractivity contribution in [1.82, 2.24) is 9.62 Å². The van der Waals surface area contributed by atoms with E-state index in [2.05, 4.69) is 5.32 Å². The van der Waals surface area contributed by atoms with Crippen molar-refractivity contribution in [2.75, 3.05) is 14.1 Å². The third-order valence-corrected chi connectivity index (χ3v) is 4.74. The first-order chi connectivity index (χ1) is 9.50. The standard InChI is InChI=1S/C14H18N2O3S/c1-16(2)20(17,18)14-7-5-12(6-8-14)10-15-11-13-4-3-9-19-13/h3-9,15H,10-11H2,1-2H3. The number of sulfonamides is 1. The second-order valence-corrected chi connectivity index (χ2v) is 6.77. The third kappa shape index (κ3) is 3.47. The Morgan fingerprint density at radius 1 is 1.10 bits per heavy atom. The summed E-state index contributed by atoms with van der Waals surface area (Å²) in [5, 5.41) is 3.23. The van der Waals surface area contributed by atoms with E-state index in [0.717, 1.165) is 11.3 Å². The van der Waals surface area contributed by atoms with Gasteiger partial charge in [0.05, 0.1) is 17.7 Å². The van der Waals surface area contributed by atoms with Gasteiger partial charge in [0.15, 0.2) is 0 Å². The van der Waals surface area contributed by atoms with E-state index in [0.29, 0.717) is 18.0 Å². The lowest BCUT2D eigenvalue weighted by Crippen LogP contribution is -2.22. The van der Waals surface area contributed by atoms with Crippen molar-refractivity contribution >= 4 is 10.0 Å². The van der Waals surface area contributed by atoms with Gasteiger partial charge in [0.25, 0.3) is 0 Å². The average Bonchev–Trinajstić information content (AvgIpc) is 2.92. The lowest BCUT2D eigenvalue weighted by atomic mass is 10.2. The Morgan fingerprint density at radius 2 is 1.80 bits per heavy atom. The van der Waals surface area contributed by atoms with Crippen LogP contribution in [0.4, 0.5) is 0 Å². The molecule has 0 fully saturated rings. The molecule has 0 bridgehead atoms. The van der Waals surface area contributed by atoms with Crippen molar-refractivity contribution in [2.45, 2.75) is 18.0 Å². The summed E-state index contributed by atoms with van der Waals surface area (Å²) in [7, 11) is -0.308. The van der Waals surface area contributed by atoms with Gasteiger partial charge in [0.2, 0.25) is 10.0 Å². The Balaban J connectivity index is 1.95. The predicted molar refractivity (Wildman–Crippen MR) is 76.6 cm³/mol. The number of rotatable bonds is 6. The normalized spacial score (nSPS) is 11.9. The van der Waals surface area contributed by atoms with Crippen molar-refractivity contribution in [1.29, 1.82) is 0 Å². The molecule has 0 radical (unpaired) electrons. The van der Waals surface area contributed by atoms with Gasteiger partial charge in [-0.25, -0.2) is 12.7 Å². The molecule has 108 valence electrons. The summed E-state index contributed by atoms with van der Waals surface area (Å²) in [5.41, 5.74) is 1.02. The van der Waals surface area contributed by atoms with Crippen LogP contribution in [0.1, 0.15) is 11.3 Å². The Hall–Kier alpha value is -1.63. The van der Waals surface area contributed by atoms with Crippen molar-refractivity contribution < 1.29 is 12.8 Å². The first kappa shape index (κ1) is 14.8. The van der Waals surface area contributed by atoms with Gasteiger partial charge in [-0.3, -0.25) is 0 Å². The number of furan rings is 1. The molecule has 0 atom stereocenters. The summed E-state index contributed by atoms with van der Waals surface area (Å²) in [4.78, 5) is 0.303. The van der Waals surface area contributed by atoms with E-state index in [9.17, 15) is 8.42 Å². The van der Waals surface area contributed by atoms with E-state index < -0.39 is 10.0 Å². The zero-order valence-corrected chi connectivity index (χ0v) is 12.4. The zero-order valence-electron chi connectivity index (χ0n) is 11.5. The molecule has 20 heavy (non-hydrogen) atoms. The van der Waals surface area contributed by atoms with Gasteiger partial charge in [0.1, 0.15) is 5.76 Å². The van der Waals surface area contributed by atoms with E-state index in [-0.39, 0.29) is 0 Å². The fraction of sp³-hybridized carbons (Fsp3) is 0.286. The summed E-state index contributed by atoms with van der Waals surface area (Å²) in [6.45, 7) is 1.30. The quantitative estimate of drug-likeness (QED) is 0.882. The maximum absolute atomic E-state index is 11.9. The molecule has 6 heteroatoms. The third-order valence-electron chi connectivity index (χ3n) is 2.91. The molecule has 0 aliphatic rings. The van der Waals surface area contributed by atoms with Crippen molar-refractivity contribution in [3.8, 4) is 0 Å². The fourth-order valence-corrected chi connectivity index (χ4v) is 2.63. The van der Waals surface area contributed by atoms with Gasteiger partial charge in [-0.1, -0.05) is 12.1 Å². The molecule has 0 saturated carbocycles. The molecule has 2 aromatic rings. The topological polar surface area (TPSA) is 62.6 Å². The van der Waals surface area contributed by atoms with E-state index in [4.69, 9.17) is 4.42 Å². The average molecular weight is 294 g/mol. The van der Waals surface area contributed by atoms with Crippen LogP contribution in [0.25, 0.3) is 0 Å². The minimum absolute atomic E-state index is 0.303. The number of nitrogens with one attached hydrogen (secondary N) is 1. The Labute approximate surface area is 119 Å². The summed E-state index contributed by atoms with van der Waals surface area (Å²) in [6, 6.07) is 10.6. The van der Waals surface area contributed by atoms with Gasteiger partial charge in [0, 0.05) is 20.6 Å². The highest BCUT2D eigenvalue weighted by Gasteiger charge is 2.16. The summed E-state index contributed by atoms with van der Waals surface area (Å²) in [6.07, 6.45) is 1.64. The molecule has 1 heterocycles. The molecule has 0 unspecified atom stereocenters. The van der Waals surface area contributed by atoms with E-state index in [1.165, 1.54) is 18.4 Å². The van der Waals surface area contributed by atoms with Crippen molar-refractivity contribution in [2.24, 2.45) is 0 Å². The molecule has 1 aromatic heterocycles. The highest BCUT2D eigenvalue weighted by atomic mass is 32.2. The van der Waals surface area contributed by atoms with Gasteiger partial charge in [-0.15, -0.1) is 0 Å². The Kier molecular flexibility index (Phi) is 4.59. The molecule has 0 saturated heterocycles. The number of nitrogens with zero attached hydrogens (tertiary/aromatic N) is 1. The maximum atomic E-state index is 11.9. The monoisotopic (exact) mass is 294 g/mol. The van der Waals surface area contributed by atoms with Gasteiger partial charge >= 0.3 is 0 Å². The van der Waals surface area contributed by atoms with Gasteiger partial charge < -0.3 is 9.73 Å². The molecule has 5 nitrogen and oxygen atoms in total. The second-order valence-electron chi connectivity index (χ2n) is 4.61. The van der Waals surface area contributed by atoms with Crippen LogP contribution >= 0.6 is 0 Å². The smallest absolute Gasteiger partial charge is 0.242 e. The zero-order chi connectivity index (χ0) is 14.6. The number of benzene rings is 1. The van der Waals surface area contributed by atoms with Crippen LogP contribution in [0.3, 0.4) is 0 Å². The number of hydrogen-bond donors (Lipinski definition) is 1. The minimum atomic E-state index is -3.35. The van der Waals surface area contributed by atoms with Crippen LogP contribution in [0, 0.1) is 0 Å². The van der Waals surface area contributed by atoms with Crippen LogP contribution in [-0.2, 0) is 23.1 Å². The summed E-state index contributed by atoms with van der Waals surface area (Å²) >= 11 is 0. The van der Waals surface area contributed by atoms with Crippen LogP contribution in [0.15, 0.2) is 52.0 Å². The lowest BCUT2D eigenvalue weighted by Gasteiger charge is -2.11. The predicted octanol–water partition coefficient (Wildman–Crippen LogP) is 1.82. The molecule has 0 aliphatic heterocycles. The summed E-state index contributed by atoms with van der Waals surface area (Å²) < 4.78 is 30.2. The first-order valence-electron chi connectivity index (χ1n) is 6.25. The van der Waals surface area contributed by atoms with Crippen LogP contribution in [0.2, 0.25) is 0 Å². The Morgan fingerprint density at radius 3 is 2.35 bits per heavy atom. The molecule has 0 aliphatic carbocycles. The molecular weight excluding hydrogens is 276 g/mol. The van der Waals surface area contributed by atoms with E-state index >= 15 is 0 Å². The molecule has 0 spiro atoms. The summed E-state index contributed by atoms with van der Waals surface area (Å²) in [5.74, 6) is 0.872. The van der Waals surface area contributed by atoms with E-state index in [1.807, 2.05) is 24.3 Å². The number of hydrogen-bond acceptors (Lipinski definition) is 4. The van der Waals surface area contributed by atoms with Crippen molar-refractivity contribution in [3.05, 3.63) is 54.0 Å². The molecule has 2 rings (SSSR count). The lowest BCUT2D eigenvalue weighted by molar-refractivity contribution is 0.483. The SMILES string of the molecule is CN(C)S(=O)(=O)c1ccc(CNCc2ccco2)cc1. The fourth-order valence-electron chi connectivity index (χ4n) is 1.73. The highest BCUT2D eigenvalue weighted by molar-refractivity contribution is 7.89. The molecule has 1 aromatic carbocycles.